The first kappa shape index (κ1) is 15.3. The summed E-state index contributed by atoms with van der Waals surface area (Å²) in [6.07, 6.45) is 2.55. The number of ether oxygens (including phenoxy) is 1. The maximum absolute atomic E-state index is 8.41. The molecule has 0 unspecified atom stereocenters. The highest BCUT2D eigenvalue weighted by molar-refractivity contribution is 5.79. The van der Waals surface area contributed by atoms with Crippen LogP contribution in [0, 0.1) is 0 Å². The average Bonchev–Trinajstić information content (AvgIpc) is 2.46. The number of hydrogen-bond acceptors (Lipinski definition) is 4. The Morgan fingerprint density at radius 2 is 2.05 bits per heavy atom. The van der Waals surface area contributed by atoms with E-state index < -0.39 is 0 Å². The molecule has 0 saturated heterocycles. The lowest BCUT2D eigenvalue weighted by Crippen LogP contribution is -2.20. The molecule has 106 valence electrons. The molecule has 19 heavy (non-hydrogen) atoms. The highest BCUT2D eigenvalue weighted by atomic mass is 16.5. The second-order valence-electron chi connectivity index (χ2n) is 4.50. The molecule has 0 saturated carbocycles. The lowest BCUT2D eigenvalue weighted by atomic mass is 10.1. The highest BCUT2D eigenvalue weighted by Gasteiger charge is 2.04. The smallest absolute Gasteiger partial charge is 0.139 e. The highest BCUT2D eigenvalue weighted by Crippen LogP contribution is 2.17. The Hall–Kier alpha value is -1.75. The van der Waals surface area contributed by atoms with Gasteiger partial charge in [0.15, 0.2) is 0 Å². The molecule has 0 amide bonds. The number of nitrogens with two attached hydrogens (primary N) is 1. The van der Waals surface area contributed by atoms with Crippen molar-refractivity contribution in [2.24, 2.45) is 10.9 Å². The zero-order valence-corrected chi connectivity index (χ0v) is 11.6. The number of unbranched alkanes of at least 4 members (excludes halogenated alkanes) is 1. The van der Waals surface area contributed by atoms with Gasteiger partial charge >= 0.3 is 0 Å². The van der Waals surface area contributed by atoms with Gasteiger partial charge in [-0.05, 0) is 44.0 Å². The van der Waals surface area contributed by atoms with Crippen LogP contribution >= 0.6 is 0 Å². The van der Waals surface area contributed by atoms with Crippen molar-refractivity contribution >= 4 is 5.84 Å². The Kier molecular flexibility index (Phi) is 6.74. The van der Waals surface area contributed by atoms with E-state index in [0.29, 0.717) is 18.3 Å². The van der Waals surface area contributed by atoms with Gasteiger partial charge in [-0.25, -0.2) is 0 Å². The minimum atomic E-state index is 0.295. The molecule has 1 aromatic rings. The molecular weight excluding hydrogens is 242 g/mol. The standard InChI is InChI=1S/C14H23N3O2/c1-11(12-6-8-13(19-2)9-7-12)16-10-4-3-5-14(15)17-18/h6-9,11,16,18H,3-5,10H2,1-2H3,(H2,15,17)/t11-/m1/s1. The maximum Gasteiger partial charge on any atom is 0.139 e. The molecule has 5 nitrogen and oxygen atoms in total. The van der Waals surface area contributed by atoms with E-state index in [2.05, 4.69) is 29.5 Å². The van der Waals surface area contributed by atoms with Gasteiger partial charge in [0.1, 0.15) is 11.6 Å². The van der Waals surface area contributed by atoms with E-state index in [9.17, 15) is 0 Å². The van der Waals surface area contributed by atoms with Crippen LogP contribution < -0.4 is 15.8 Å². The van der Waals surface area contributed by atoms with E-state index in [1.165, 1.54) is 5.56 Å². The Labute approximate surface area is 114 Å². The van der Waals surface area contributed by atoms with Crippen molar-refractivity contribution in [3.63, 3.8) is 0 Å². The molecule has 0 aliphatic carbocycles. The van der Waals surface area contributed by atoms with Crippen molar-refractivity contribution in [3.8, 4) is 5.75 Å². The van der Waals surface area contributed by atoms with E-state index in [1.807, 2.05) is 12.1 Å². The van der Waals surface area contributed by atoms with Crippen LogP contribution in [0.4, 0.5) is 0 Å². The summed E-state index contributed by atoms with van der Waals surface area (Å²) in [4.78, 5) is 0. The Morgan fingerprint density at radius 3 is 2.63 bits per heavy atom. The number of oxime groups is 1. The topological polar surface area (TPSA) is 79.9 Å². The van der Waals surface area contributed by atoms with Crippen LogP contribution in [0.2, 0.25) is 0 Å². The maximum atomic E-state index is 8.41. The van der Waals surface area contributed by atoms with Crippen molar-refractivity contribution < 1.29 is 9.94 Å². The fraction of sp³-hybridized carbons (Fsp3) is 0.500. The number of hydrogen-bond donors (Lipinski definition) is 3. The molecule has 5 heteroatoms. The average molecular weight is 265 g/mol. The van der Waals surface area contributed by atoms with Gasteiger partial charge in [0.05, 0.1) is 7.11 Å². The summed E-state index contributed by atoms with van der Waals surface area (Å²) in [5, 5.41) is 14.8. The minimum Gasteiger partial charge on any atom is -0.497 e. The molecule has 0 radical (unpaired) electrons. The Balaban J connectivity index is 2.25. The van der Waals surface area contributed by atoms with Crippen LogP contribution in [0.15, 0.2) is 29.4 Å². The fourth-order valence-electron chi connectivity index (χ4n) is 1.81. The van der Waals surface area contributed by atoms with Crippen molar-refractivity contribution in [1.82, 2.24) is 5.32 Å². The van der Waals surface area contributed by atoms with Crippen LogP contribution in [0.3, 0.4) is 0 Å². The van der Waals surface area contributed by atoms with Crippen molar-refractivity contribution in [1.29, 1.82) is 0 Å². The van der Waals surface area contributed by atoms with Crippen LogP contribution in [-0.4, -0.2) is 24.7 Å². The summed E-state index contributed by atoms with van der Waals surface area (Å²) >= 11 is 0. The molecule has 0 heterocycles. The normalized spacial score (nSPS) is 13.3. The van der Waals surface area contributed by atoms with Gasteiger partial charge in [0.25, 0.3) is 0 Å². The summed E-state index contributed by atoms with van der Waals surface area (Å²) in [6, 6.07) is 8.35. The number of nitrogens with zero attached hydrogens (tertiary/aromatic N) is 1. The number of benzene rings is 1. The number of rotatable bonds is 8. The summed E-state index contributed by atoms with van der Waals surface area (Å²) in [5.41, 5.74) is 6.63. The third kappa shape index (κ3) is 5.61. The van der Waals surface area contributed by atoms with Gasteiger partial charge in [-0.2, -0.15) is 0 Å². The van der Waals surface area contributed by atoms with Crippen LogP contribution in [0.1, 0.15) is 37.8 Å². The number of methoxy groups -OCH3 is 1. The van der Waals surface area contributed by atoms with Crippen molar-refractivity contribution in [2.45, 2.75) is 32.2 Å². The van der Waals surface area contributed by atoms with Crippen molar-refractivity contribution in [3.05, 3.63) is 29.8 Å². The van der Waals surface area contributed by atoms with Gasteiger partial charge in [-0.3, -0.25) is 0 Å². The van der Waals surface area contributed by atoms with E-state index >= 15 is 0 Å². The summed E-state index contributed by atoms with van der Waals surface area (Å²) < 4.78 is 5.13. The van der Waals surface area contributed by atoms with Gasteiger partial charge < -0.3 is 21.0 Å². The molecule has 0 aromatic heterocycles. The molecule has 4 N–H and O–H groups in total. The zero-order chi connectivity index (χ0) is 14.1. The number of amidine groups is 1. The predicted molar refractivity (Wildman–Crippen MR) is 76.7 cm³/mol. The van der Waals surface area contributed by atoms with Crippen LogP contribution in [0.25, 0.3) is 0 Å². The van der Waals surface area contributed by atoms with E-state index in [0.717, 1.165) is 25.1 Å². The van der Waals surface area contributed by atoms with E-state index in [4.69, 9.17) is 15.7 Å². The molecule has 1 atom stereocenters. The second kappa shape index (κ2) is 8.37. The quantitative estimate of drug-likeness (QED) is 0.221. The van der Waals surface area contributed by atoms with Crippen LogP contribution in [0.5, 0.6) is 5.75 Å². The Morgan fingerprint density at radius 1 is 1.37 bits per heavy atom. The third-order valence-corrected chi connectivity index (χ3v) is 3.05. The molecule has 0 aliphatic heterocycles. The van der Waals surface area contributed by atoms with Crippen LogP contribution in [-0.2, 0) is 0 Å². The summed E-state index contributed by atoms with van der Waals surface area (Å²) in [7, 11) is 1.66. The molecule has 0 fully saturated rings. The lowest BCUT2D eigenvalue weighted by molar-refractivity contribution is 0.316. The van der Waals surface area contributed by atoms with Gasteiger partial charge in [-0.15, -0.1) is 0 Å². The predicted octanol–water partition coefficient (Wildman–Crippen LogP) is 2.26. The molecular formula is C14H23N3O2. The zero-order valence-electron chi connectivity index (χ0n) is 11.6. The molecule has 0 aliphatic rings. The summed E-state index contributed by atoms with van der Waals surface area (Å²) in [6.45, 7) is 3.04. The second-order valence-corrected chi connectivity index (χ2v) is 4.50. The van der Waals surface area contributed by atoms with E-state index in [1.54, 1.807) is 7.11 Å². The van der Waals surface area contributed by atoms with E-state index in [-0.39, 0.29) is 0 Å². The first-order valence-corrected chi connectivity index (χ1v) is 6.51. The first-order chi connectivity index (χ1) is 9.17. The molecule has 0 spiro atoms. The monoisotopic (exact) mass is 265 g/mol. The molecule has 1 rings (SSSR count). The van der Waals surface area contributed by atoms with Crippen molar-refractivity contribution in [2.75, 3.05) is 13.7 Å². The lowest BCUT2D eigenvalue weighted by Gasteiger charge is -2.14. The third-order valence-electron chi connectivity index (χ3n) is 3.05. The molecule has 1 aromatic carbocycles. The minimum absolute atomic E-state index is 0.295. The largest absolute Gasteiger partial charge is 0.497 e. The fourth-order valence-corrected chi connectivity index (χ4v) is 1.81. The first-order valence-electron chi connectivity index (χ1n) is 6.51. The van der Waals surface area contributed by atoms with Gasteiger partial charge in [0.2, 0.25) is 0 Å². The number of nitrogens with one attached hydrogen (secondary N) is 1. The van der Waals surface area contributed by atoms with Gasteiger partial charge in [0, 0.05) is 12.5 Å². The molecule has 0 bridgehead atoms. The Bertz CT molecular complexity index is 390. The van der Waals surface area contributed by atoms with Gasteiger partial charge in [-0.1, -0.05) is 17.3 Å². The summed E-state index contributed by atoms with van der Waals surface area (Å²) in [5.74, 6) is 1.16. The SMILES string of the molecule is COc1ccc([C@@H](C)NCCCC/C(N)=N/O)cc1.